The number of carboxylic acid groups (broad SMARTS) is 1. The van der Waals surface area contributed by atoms with E-state index < -0.39 is 5.97 Å². The lowest BCUT2D eigenvalue weighted by Crippen LogP contribution is -1.97. The molecule has 2 N–H and O–H groups in total. The predicted octanol–water partition coefficient (Wildman–Crippen LogP) is 2.53. The summed E-state index contributed by atoms with van der Waals surface area (Å²) in [4.78, 5) is 10.5. The zero-order valence-corrected chi connectivity index (χ0v) is 8.40. The Morgan fingerprint density at radius 1 is 1.33 bits per heavy atom. The molecule has 0 spiro atoms. The van der Waals surface area contributed by atoms with E-state index in [0.29, 0.717) is 5.56 Å². The molecule has 78 valence electrons. The van der Waals surface area contributed by atoms with Crippen molar-refractivity contribution < 1.29 is 15.0 Å². The van der Waals surface area contributed by atoms with Gasteiger partial charge < -0.3 is 10.2 Å². The topological polar surface area (TPSA) is 57.5 Å². The Bertz CT molecular complexity index is 430. The van der Waals surface area contributed by atoms with Crippen molar-refractivity contribution in [2.75, 3.05) is 0 Å². The fourth-order valence-electron chi connectivity index (χ4n) is 1.16. The van der Waals surface area contributed by atoms with Crippen LogP contribution in [0.4, 0.5) is 0 Å². The molecule has 0 aliphatic rings. The molecule has 0 unspecified atom stereocenters. The van der Waals surface area contributed by atoms with Gasteiger partial charge in [-0.1, -0.05) is 30.8 Å². The molecule has 0 fully saturated rings. The van der Waals surface area contributed by atoms with Gasteiger partial charge in [0.2, 0.25) is 0 Å². The lowest BCUT2D eigenvalue weighted by Gasteiger charge is -2.04. The summed E-state index contributed by atoms with van der Waals surface area (Å²) >= 11 is 0. The first-order chi connectivity index (χ1) is 7.02. The first-order valence-corrected chi connectivity index (χ1v) is 4.41. The number of hydrogen-bond acceptors (Lipinski definition) is 2. The normalized spacial score (nSPS) is 11.1. The second-order valence-corrected chi connectivity index (χ2v) is 3.17. The van der Waals surface area contributed by atoms with Crippen molar-refractivity contribution in [1.29, 1.82) is 0 Å². The molecule has 0 saturated heterocycles. The summed E-state index contributed by atoms with van der Waals surface area (Å²) in [5.74, 6) is -1.23. The van der Waals surface area contributed by atoms with E-state index in [4.69, 9.17) is 5.11 Å². The summed E-state index contributed by atoms with van der Waals surface area (Å²) in [7, 11) is 0. The summed E-state index contributed by atoms with van der Waals surface area (Å²) in [5.41, 5.74) is 1.35. The molecule has 0 heterocycles. The predicted molar refractivity (Wildman–Crippen MR) is 58.6 cm³/mol. The van der Waals surface area contributed by atoms with Crippen molar-refractivity contribution in [3.05, 3.63) is 53.6 Å². The molecule has 0 amide bonds. The highest BCUT2D eigenvalue weighted by atomic mass is 16.4. The lowest BCUT2D eigenvalue weighted by atomic mass is 10.1. The van der Waals surface area contributed by atoms with Gasteiger partial charge in [-0.3, -0.25) is 0 Å². The van der Waals surface area contributed by atoms with Crippen molar-refractivity contribution in [2.45, 2.75) is 6.92 Å². The van der Waals surface area contributed by atoms with Gasteiger partial charge in [0, 0.05) is 5.56 Å². The summed E-state index contributed by atoms with van der Waals surface area (Å²) in [6.07, 6.45) is 1.14. The number of benzene rings is 1. The first-order valence-electron chi connectivity index (χ1n) is 4.41. The van der Waals surface area contributed by atoms with Gasteiger partial charge in [-0.15, -0.1) is 0 Å². The van der Waals surface area contributed by atoms with Crippen LogP contribution in [0.2, 0.25) is 0 Å². The van der Waals surface area contributed by atoms with Gasteiger partial charge in [0.05, 0.1) is 5.57 Å². The number of carboxylic acids is 1. The molecule has 1 rings (SSSR count). The molecule has 0 saturated carbocycles. The van der Waals surface area contributed by atoms with Crippen LogP contribution in [0.15, 0.2) is 42.5 Å². The molecule has 0 aliphatic carbocycles. The molecular weight excluding hydrogens is 192 g/mol. The average molecular weight is 204 g/mol. The Morgan fingerprint density at radius 2 is 1.93 bits per heavy atom. The zero-order chi connectivity index (χ0) is 11.4. The molecule has 15 heavy (non-hydrogen) atoms. The maximum atomic E-state index is 10.5. The monoisotopic (exact) mass is 204 g/mol. The minimum atomic E-state index is -1.14. The van der Waals surface area contributed by atoms with Crippen LogP contribution < -0.4 is 0 Å². The summed E-state index contributed by atoms with van der Waals surface area (Å²) < 4.78 is 0. The van der Waals surface area contributed by atoms with E-state index in [-0.39, 0.29) is 11.3 Å². The standard InChI is InChI=1S/C12H12O3/c1-8-5-3-4-6-10(8)11(13)7-9(2)12(14)15/h3-7,13H,2H2,1H3,(H,14,15)/b11-7+. The van der Waals surface area contributed by atoms with E-state index in [9.17, 15) is 9.90 Å². The third-order valence-corrected chi connectivity index (χ3v) is 2.01. The van der Waals surface area contributed by atoms with Crippen molar-refractivity contribution >= 4 is 11.7 Å². The largest absolute Gasteiger partial charge is 0.507 e. The lowest BCUT2D eigenvalue weighted by molar-refractivity contribution is -0.132. The average Bonchev–Trinajstić information content (AvgIpc) is 2.18. The van der Waals surface area contributed by atoms with Gasteiger partial charge in [-0.2, -0.15) is 0 Å². The third-order valence-electron chi connectivity index (χ3n) is 2.01. The molecule has 3 nitrogen and oxygen atoms in total. The van der Waals surface area contributed by atoms with E-state index in [1.54, 1.807) is 12.1 Å². The number of carbonyl (C=O) groups is 1. The van der Waals surface area contributed by atoms with Gasteiger partial charge in [0.15, 0.2) is 0 Å². The van der Waals surface area contributed by atoms with Crippen LogP contribution in [0.3, 0.4) is 0 Å². The number of rotatable bonds is 3. The molecule has 1 aromatic rings. The quantitative estimate of drug-likeness (QED) is 0.452. The molecule has 0 aliphatic heterocycles. The van der Waals surface area contributed by atoms with Crippen molar-refractivity contribution in [2.24, 2.45) is 0 Å². The third kappa shape index (κ3) is 2.71. The van der Waals surface area contributed by atoms with E-state index in [0.717, 1.165) is 11.6 Å². The van der Waals surface area contributed by atoms with E-state index in [1.807, 2.05) is 19.1 Å². The smallest absolute Gasteiger partial charge is 0.335 e. The van der Waals surface area contributed by atoms with Gasteiger partial charge >= 0.3 is 5.97 Å². The Hall–Kier alpha value is -2.03. The molecule has 1 aromatic carbocycles. The zero-order valence-electron chi connectivity index (χ0n) is 8.40. The van der Waals surface area contributed by atoms with Gasteiger partial charge in [0.1, 0.15) is 5.76 Å². The molecule has 0 bridgehead atoms. The number of aryl methyl sites for hydroxylation is 1. The Labute approximate surface area is 88.0 Å². The SMILES string of the molecule is C=C(/C=C(/O)c1ccccc1C)C(=O)O. The van der Waals surface area contributed by atoms with E-state index in [1.165, 1.54) is 0 Å². The van der Waals surface area contributed by atoms with Crippen molar-refractivity contribution in [3.8, 4) is 0 Å². The van der Waals surface area contributed by atoms with Gasteiger partial charge in [-0.05, 0) is 18.6 Å². The van der Waals surface area contributed by atoms with Crippen LogP contribution in [0.5, 0.6) is 0 Å². The Morgan fingerprint density at radius 3 is 2.47 bits per heavy atom. The van der Waals surface area contributed by atoms with Crippen LogP contribution in [0.25, 0.3) is 5.76 Å². The van der Waals surface area contributed by atoms with Crippen LogP contribution >= 0.6 is 0 Å². The second-order valence-electron chi connectivity index (χ2n) is 3.17. The first kappa shape index (κ1) is 11.0. The fraction of sp³-hybridized carbons (Fsp3) is 0.0833. The summed E-state index contributed by atoms with van der Waals surface area (Å²) in [5, 5.41) is 18.2. The minimum absolute atomic E-state index is 0.0829. The number of aliphatic hydroxyl groups excluding tert-OH is 1. The van der Waals surface area contributed by atoms with Crippen molar-refractivity contribution in [1.82, 2.24) is 0 Å². The second kappa shape index (κ2) is 4.46. The van der Waals surface area contributed by atoms with Gasteiger partial charge in [-0.25, -0.2) is 4.79 Å². The maximum absolute atomic E-state index is 10.5. The van der Waals surface area contributed by atoms with Crippen molar-refractivity contribution in [3.63, 3.8) is 0 Å². The van der Waals surface area contributed by atoms with Crippen LogP contribution in [-0.4, -0.2) is 16.2 Å². The fourth-order valence-corrected chi connectivity index (χ4v) is 1.16. The highest BCUT2D eigenvalue weighted by Gasteiger charge is 2.05. The molecular formula is C12H12O3. The molecule has 0 aromatic heterocycles. The van der Waals surface area contributed by atoms with Crippen LogP contribution in [-0.2, 0) is 4.79 Å². The van der Waals surface area contributed by atoms with E-state index in [2.05, 4.69) is 6.58 Å². The molecule has 0 atom stereocenters. The van der Waals surface area contributed by atoms with Crippen LogP contribution in [0.1, 0.15) is 11.1 Å². The molecule has 3 heteroatoms. The van der Waals surface area contributed by atoms with Gasteiger partial charge in [0.25, 0.3) is 0 Å². The summed E-state index contributed by atoms with van der Waals surface area (Å²) in [6, 6.07) is 7.17. The van der Waals surface area contributed by atoms with Crippen LogP contribution in [0, 0.1) is 6.92 Å². The highest BCUT2D eigenvalue weighted by molar-refractivity contribution is 5.91. The number of hydrogen-bond donors (Lipinski definition) is 2. The maximum Gasteiger partial charge on any atom is 0.335 e. The minimum Gasteiger partial charge on any atom is -0.507 e. The Kier molecular flexibility index (Phi) is 3.29. The Balaban J connectivity index is 3.05. The molecule has 0 radical (unpaired) electrons. The van der Waals surface area contributed by atoms with E-state index >= 15 is 0 Å². The highest BCUT2D eigenvalue weighted by Crippen LogP contribution is 2.17. The number of aliphatic hydroxyl groups is 1. The number of aliphatic carboxylic acids is 1. The summed E-state index contributed by atoms with van der Waals surface area (Å²) in [6.45, 7) is 5.15.